The van der Waals surface area contributed by atoms with Crippen molar-refractivity contribution < 1.29 is 9.53 Å². The minimum atomic E-state index is -0.344. The van der Waals surface area contributed by atoms with Gasteiger partial charge in [0.1, 0.15) is 0 Å². The summed E-state index contributed by atoms with van der Waals surface area (Å²) >= 11 is 5.96. The van der Waals surface area contributed by atoms with E-state index in [-0.39, 0.29) is 5.97 Å². The van der Waals surface area contributed by atoms with E-state index in [1.165, 1.54) is 7.11 Å². The van der Waals surface area contributed by atoms with Crippen molar-refractivity contribution in [2.45, 2.75) is 32.2 Å². The maximum absolute atomic E-state index is 12.3. The summed E-state index contributed by atoms with van der Waals surface area (Å²) in [4.78, 5) is 17.1. The van der Waals surface area contributed by atoms with E-state index in [0.29, 0.717) is 23.0 Å². The second kappa shape index (κ2) is 6.15. The van der Waals surface area contributed by atoms with Gasteiger partial charge in [0.2, 0.25) is 0 Å². The molecule has 0 amide bonds. The average molecular weight is 356 g/mol. The molecule has 0 atom stereocenters. The molecule has 1 aromatic carbocycles. The van der Waals surface area contributed by atoms with Gasteiger partial charge in [0.15, 0.2) is 5.65 Å². The van der Waals surface area contributed by atoms with Crippen LogP contribution in [0, 0.1) is 6.92 Å². The largest absolute Gasteiger partial charge is 0.465 e. The van der Waals surface area contributed by atoms with E-state index < -0.39 is 0 Å². The fraction of sp³-hybridized carbons (Fsp3) is 0.316. The van der Waals surface area contributed by atoms with Gasteiger partial charge in [0.25, 0.3) is 0 Å². The minimum absolute atomic E-state index is 0.344. The van der Waals surface area contributed by atoms with Gasteiger partial charge in [0, 0.05) is 16.6 Å². The minimum Gasteiger partial charge on any atom is -0.465 e. The number of carbonyl (C=O) groups excluding carboxylic acids is 1. The van der Waals surface area contributed by atoms with Crippen LogP contribution < -0.4 is 0 Å². The van der Waals surface area contributed by atoms with Gasteiger partial charge in [-0.05, 0) is 43.5 Å². The van der Waals surface area contributed by atoms with E-state index >= 15 is 0 Å². The highest BCUT2D eigenvalue weighted by Gasteiger charge is 2.29. The first-order valence-electron chi connectivity index (χ1n) is 8.27. The number of halogens is 1. The first-order valence-corrected chi connectivity index (χ1v) is 8.65. The number of aromatic nitrogens is 3. The van der Waals surface area contributed by atoms with Crippen LogP contribution in [0.5, 0.6) is 0 Å². The Balaban J connectivity index is 1.86. The van der Waals surface area contributed by atoms with Crippen LogP contribution in [0.25, 0.3) is 11.0 Å². The number of aryl methyl sites for hydroxylation is 1. The normalized spacial score (nSPS) is 14.0. The number of ether oxygens (including phenoxy) is 1. The summed E-state index contributed by atoms with van der Waals surface area (Å²) in [6, 6.07) is 9.53. The number of carbonyl (C=O) groups is 1. The van der Waals surface area contributed by atoms with Crippen molar-refractivity contribution in [2.75, 3.05) is 7.11 Å². The Hall–Kier alpha value is -2.40. The Kier molecular flexibility index (Phi) is 3.96. The molecule has 0 unspecified atom stereocenters. The van der Waals surface area contributed by atoms with Gasteiger partial charge in [0.05, 0.1) is 30.3 Å². The van der Waals surface area contributed by atoms with E-state index in [2.05, 4.69) is 5.10 Å². The maximum atomic E-state index is 12.3. The number of fused-ring (bicyclic) bond motifs is 1. The fourth-order valence-corrected chi connectivity index (χ4v) is 3.23. The molecule has 1 fully saturated rings. The molecule has 1 aliphatic carbocycles. The topological polar surface area (TPSA) is 57.0 Å². The van der Waals surface area contributed by atoms with Crippen LogP contribution in [0.3, 0.4) is 0 Å². The van der Waals surface area contributed by atoms with Crippen molar-refractivity contribution in [2.24, 2.45) is 0 Å². The molecule has 0 saturated heterocycles. The smallest absolute Gasteiger partial charge is 0.338 e. The zero-order chi connectivity index (χ0) is 17.6. The van der Waals surface area contributed by atoms with Crippen LogP contribution in [0.1, 0.15) is 46.1 Å². The third-order valence-electron chi connectivity index (χ3n) is 4.54. The molecular weight excluding hydrogens is 338 g/mol. The Bertz CT molecular complexity index is 959. The third kappa shape index (κ3) is 3.00. The number of pyridine rings is 1. The lowest BCUT2D eigenvalue weighted by atomic mass is 10.1. The van der Waals surface area contributed by atoms with Gasteiger partial charge < -0.3 is 4.74 Å². The fourth-order valence-electron chi connectivity index (χ4n) is 3.11. The summed E-state index contributed by atoms with van der Waals surface area (Å²) < 4.78 is 6.83. The third-order valence-corrected chi connectivity index (χ3v) is 4.80. The lowest BCUT2D eigenvalue weighted by molar-refractivity contribution is 0.0602. The summed E-state index contributed by atoms with van der Waals surface area (Å²) in [6.45, 7) is 2.47. The molecule has 0 bridgehead atoms. The number of methoxy groups -OCH3 is 1. The number of nitrogens with zero attached hydrogens (tertiary/aromatic N) is 3. The van der Waals surface area contributed by atoms with Crippen LogP contribution in [0.2, 0.25) is 5.02 Å². The Labute approximate surface area is 150 Å². The maximum Gasteiger partial charge on any atom is 0.338 e. The van der Waals surface area contributed by atoms with Crippen LogP contribution in [0.4, 0.5) is 0 Å². The lowest BCUT2D eigenvalue weighted by Gasteiger charge is -2.07. The van der Waals surface area contributed by atoms with Gasteiger partial charge >= 0.3 is 5.97 Å². The standard InChI is InChI=1S/C19H18ClN3O2/c1-11-17-15(19(24)25-2)9-16(13-5-6-13)21-18(17)23(22-11)10-12-3-7-14(20)8-4-12/h3-4,7-9,13H,5-6,10H2,1-2H3. The Morgan fingerprint density at radius 2 is 2.04 bits per heavy atom. The first kappa shape index (κ1) is 16.1. The first-order chi connectivity index (χ1) is 12.1. The summed E-state index contributed by atoms with van der Waals surface area (Å²) in [7, 11) is 1.40. The molecule has 0 radical (unpaired) electrons. The number of rotatable bonds is 4. The molecule has 0 spiro atoms. The quantitative estimate of drug-likeness (QED) is 0.661. The summed E-state index contributed by atoms with van der Waals surface area (Å²) in [6.07, 6.45) is 2.23. The molecule has 1 aliphatic rings. The Morgan fingerprint density at radius 1 is 1.32 bits per heavy atom. The van der Waals surface area contributed by atoms with E-state index in [9.17, 15) is 4.79 Å². The van der Waals surface area contributed by atoms with Crippen LogP contribution in [0.15, 0.2) is 30.3 Å². The lowest BCUT2D eigenvalue weighted by Crippen LogP contribution is -2.07. The molecule has 0 aliphatic heterocycles. The predicted molar refractivity (Wildman–Crippen MR) is 96.1 cm³/mol. The Morgan fingerprint density at radius 3 is 2.68 bits per heavy atom. The van der Waals surface area contributed by atoms with Gasteiger partial charge in [-0.25, -0.2) is 14.5 Å². The van der Waals surface area contributed by atoms with Crippen LogP contribution >= 0.6 is 11.6 Å². The number of benzene rings is 1. The summed E-state index contributed by atoms with van der Waals surface area (Å²) in [5.41, 5.74) is 4.09. The van der Waals surface area contributed by atoms with Crippen LogP contribution in [-0.4, -0.2) is 27.8 Å². The van der Waals surface area contributed by atoms with E-state index in [0.717, 1.165) is 40.8 Å². The molecule has 25 heavy (non-hydrogen) atoms. The van der Waals surface area contributed by atoms with E-state index in [1.54, 1.807) is 0 Å². The summed E-state index contributed by atoms with van der Waals surface area (Å²) in [5, 5.41) is 6.09. The monoisotopic (exact) mass is 355 g/mol. The molecule has 0 N–H and O–H groups in total. The highest BCUT2D eigenvalue weighted by Crippen LogP contribution is 2.40. The van der Waals surface area contributed by atoms with Crippen molar-refractivity contribution in [3.8, 4) is 0 Å². The number of hydrogen-bond donors (Lipinski definition) is 0. The molecule has 5 nitrogen and oxygen atoms in total. The average Bonchev–Trinajstić information content (AvgIpc) is 3.42. The zero-order valence-corrected chi connectivity index (χ0v) is 14.9. The molecule has 6 heteroatoms. The van der Waals surface area contributed by atoms with E-state index in [1.807, 2.05) is 41.9 Å². The van der Waals surface area contributed by atoms with Gasteiger partial charge in [-0.3, -0.25) is 0 Å². The van der Waals surface area contributed by atoms with Gasteiger partial charge in [-0.1, -0.05) is 23.7 Å². The highest BCUT2D eigenvalue weighted by atomic mass is 35.5. The van der Waals surface area contributed by atoms with Crippen molar-refractivity contribution in [1.29, 1.82) is 0 Å². The SMILES string of the molecule is COC(=O)c1cc(C2CC2)nc2c1c(C)nn2Cc1ccc(Cl)cc1. The molecular formula is C19H18ClN3O2. The molecule has 4 rings (SSSR count). The molecule has 1 saturated carbocycles. The van der Waals surface area contributed by atoms with Gasteiger partial charge in [-0.2, -0.15) is 5.10 Å². The van der Waals surface area contributed by atoms with E-state index in [4.69, 9.17) is 21.3 Å². The number of esters is 1. The molecule has 2 heterocycles. The highest BCUT2D eigenvalue weighted by molar-refractivity contribution is 6.30. The van der Waals surface area contributed by atoms with Crippen LogP contribution in [-0.2, 0) is 11.3 Å². The van der Waals surface area contributed by atoms with Crippen molar-refractivity contribution >= 4 is 28.6 Å². The zero-order valence-electron chi connectivity index (χ0n) is 14.1. The molecule has 2 aromatic heterocycles. The summed E-state index contributed by atoms with van der Waals surface area (Å²) in [5.74, 6) is 0.0930. The van der Waals surface area contributed by atoms with Crippen molar-refractivity contribution in [1.82, 2.24) is 14.8 Å². The second-order valence-electron chi connectivity index (χ2n) is 6.43. The molecule has 3 aromatic rings. The van der Waals surface area contributed by atoms with Crippen molar-refractivity contribution in [3.63, 3.8) is 0 Å². The second-order valence-corrected chi connectivity index (χ2v) is 6.87. The number of hydrogen-bond acceptors (Lipinski definition) is 4. The predicted octanol–water partition coefficient (Wildman–Crippen LogP) is 4.11. The van der Waals surface area contributed by atoms with Crippen molar-refractivity contribution in [3.05, 3.63) is 57.9 Å². The molecule has 128 valence electrons. The van der Waals surface area contributed by atoms with Gasteiger partial charge in [-0.15, -0.1) is 0 Å².